The maximum Gasteiger partial charge on any atom is 0.414 e. The number of carbonyl (C=O) groups is 3. The van der Waals surface area contributed by atoms with Gasteiger partial charge in [-0.2, -0.15) is 0 Å². The SMILES string of the molecule is CCOC(=O)NC(=O)c1c(NC(=O)c2cccc(OC)c2)sc2c1CCC2. The fraction of sp³-hybridized carbons (Fsp3) is 0.316. The van der Waals surface area contributed by atoms with Crippen molar-refractivity contribution < 1.29 is 23.9 Å². The Kier molecular flexibility index (Phi) is 5.75. The monoisotopic (exact) mass is 388 g/mol. The van der Waals surface area contributed by atoms with Gasteiger partial charge in [0.05, 0.1) is 19.3 Å². The van der Waals surface area contributed by atoms with Crippen molar-refractivity contribution in [3.8, 4) is 5.75 Å². The summed E-state index contributed by atoms with van der Waals surface area (Å²) in [5, 5.41) is 5.46. The third-order valence-corrected chi connectivity index (χ3v) is 5.41. The standard InChI is InChI=1S/C19H20N2O5S/c1-3-26-19(24)21-17(23)15-13-8-5-9-14(13)27-18(15)20-16(22)11-6-4-7-12(10-11)25-2/h4,6-7,10H,3,5,8-9H2,1-2H3,(H,20,22)(H,21,23,24). The molecular weight excluding hydrogens is 368 g/mol. The molecule has 1 aromatic carbocycles. The Bertz CT molecular complexity index is 890. The number of aryl methyl sites for hydroxylation is 1. The number of anilines is 1. The number of hydrogen-bond donors (Lipinski definition) is 2. The number of benzene rings is 1. The molecule has 0 saturated heterocycles. The smallest absolute Gasteiger partial charge is 0.414 e. The first-order valence-electron chi connectivity index (χ1n) is 8.61. The van der Waals surface area contributed by atoms with Crippen LogP contribution < -0.4 is 15.4 Å². The minimum Gasteiger partial charge on any atom is -0.497 e. The van der Waals surface area contributed by atoms with Crippen LogP contribution in [0.1, 0.15) is 44.5 Å². The number of ether oxygens (including phenoxy) is 2. The van der Waals surface area contributed by atoms with Crippen molar-refractivity contribution in [2.24, 2.45) is 0 Å². The molecule has 0 atom stereocenters. The molecule has 3 rings (SSSR count). The molecule has 2 aromatic rings. The van der Waals surface area contributed by atoms with Crippen LogP contribution in [0.2, 0.25) is 0 Å². The van der Waals surface area contributed by atoms with Crippen LogP contribution in [0.3, 0.4) is 0 Å². The van der Waals surface area contributed by atoms with E-state index >= 15 is 0 Å². The molecule has 0 radical (unpaired) electrons. The molecule has 2 N–H and O–H groups in total. The second-order valence-electron chi connectivity index (χ2n) is 5.92. The van der Waals surface area contributed by atoms with Crippen LogP contribution in [0.4, 0.5) is 9.80 Å². The molecule has 1 aliphatic carbocycles. The molecular formula is C19H20N2O5S. The molecule has 27 heavy (non-hydrogen) atoms. The molecule has 142 valence electrons. The molecule has 0 aliphatic heterocycles. The van der Waals surface area contributed by atoms with Gasteiger partial charge in [-0.25, -0.2) is 4.79 Å². The highest BCUT2D eigenvalue weighted by molar-refractivity contribution is 7.17. The lowest BCUT2D eigenvalue weighted by Crippen LogP contribution is -2.32. The molecule has 8 heteroatoms. The van der Waals surface area contributed by atoms with E-state index in [0.717, 1.165) is 29.7 Å². The molecule has 0 fully saturated rings. The Labute approximate surface area is 160 Å². The van der Waals surface area contributed by atoms with Gasteiger partial charge in [-0.1, -0.05) is 6.07 Å². The fourth-order valence-corrected chi connectivity index (χ4v) is 4.28. The van der Waals surface area contributed by atoms with E-state index < -0.39 is 12.0 Å². The highest BCUT2D eigenvalue weighted by Gasteiger charge is 2.28. The van der Waals surface area contributed by atoms with Crippen LogP contribution in [-0.2, 0) is 17.6 Å². The maximum absolute atomic E-state index is 12.6. The van der Waals surface area contributed by atoms with Crippen LogP contribution >= 0.6 is 11.3 Å². The number of alkyl carbamates (subject to hydrolysis) is 1. The second-order valence-corrected chi connectivity index (χ2v) is 7.03. The zero-order valence-corrected chi connectivity index (χ0v) is 15.9. The number of hydrogen-bond acceptors (Lipinski definition) is 6. The van der Waals surface area contributed by atoms with Gasteiger partial charge >= 0.3 is 6.09 Å². The Morgan fingerprint density at radius 3 is 2.74 bits per heavy atom. The van der Waals surface area contributed by atoms with Crippen molar-refractivity contribution in [1.82, 2.24) is 5.32 Å². The number of fused-ring (bicyclic) bond motifs is 1. The second kappa shape index (κ2) is 8.22. The van der Waals surface area contributed by atoms with Crippen LogP contribution in [0.15, 0.2) is 24.3 Å². The van der Waals surface area contributed by atoms with Gasteiger partial charge in [-0.15, -0.1) is 11.3 Å². The molecule has 7 nitrogen and oxygen atoms in total. The predicted molar refractivity (Wildman–Crippen MR) is 102 cm³/mol. The quantitative estimate of drug-likeness (QED) is 0.819. The van der Waals surface area contributed by atoms with Gasteiger partial charge in [0.25, 0.3) is 11.8 Å². The first-order chi connectivity index (χ1) is 13.0. The van der Waals surface area contributed by atoms with E-state index in [9.17, 15) is 14.4 Å². The Balaban J connectivity index is 1.86. The third kappa shape index (κ3) is 4.11. The summed E-state index contributed by atoms with van der Waals surface area (Å²) >= 11 is 1.37. The van der Waals surface area contributed by atoms with Gasteiger partial charge in [0, 0.05) is 10.4 Å². The van der Waals surface area contributed by atoms with Gasteiger partial charge in [-0.3, -0.25) is 14.9 Å². The van der Waals surface area contributed by atoms with Crippen LogP contribution in [0.5, 0.6) is 5.75 Å². The van der Waals surface area contributed by atoms with Crippen LogP contribution in [0, 0.1) is 0 Å². The number of carbonyl (C=O) groups excluding carboxylic acids is 3. The first-order valence-corrected chi connectivity index (χ1v) is 9.43. The molecule has 0 spiro atoms. The number of methoxy groups -OCH3 is 1. The minimum absolute atomic E-state index is 0.167. The summed E-state index contributed by atoms with van der Waals surface area (Å²) in [6.45, 7) is 1.83. The molecule has 1 aromatic heterocycles. The first kappa shape index (κ1) is 18.9. The molecule has 3 amide bonds. The average molecular weight is 388 g/mol. The third-order valence-electron chi connectivity index (χ3n) is 4.20. The Morgan fingerprint density at radius 2 is 2.00 bits per heavy atom. The van der Waals surface area contributed by atoms with E-state index in [-0.39, 0.29) is 12.5 Å². The van der Waals surface area contributed by atoms with E-state index in [1.54, 1.807) is 31.2 Å². The predicted octanol–water partition coefficient (Wildman–Crippen LogP) is 3.38. The van der Waals surface area contributed by atoms with E-state index in [1.807, 2.05) is 0 Å². The van der Waals surface area contributed by atoms with Crippen molar-refractivity contribution in [3.63, 3.8) is 0 Å². The fourth-order valence-electron chi connectivity index (χ4n) is 2.99. The molecule has 1 aliphatic rings. The minimum atomic E-state index is -0.800. The van der Waals surface area contributed by atoms with Crippen molar-refractivity contribution in [3.05, 3.63) is 45.8 Å². The summed E-state index contributed by atoms with van der Waals surface area (Å²) in [5.41, 5.74) is 1.65. The van der Waals surface area contributed by atoms with Crippen LogP contribution in [-0.4, -0.2) is 31.6 Å². The molecule has 0 bridgehead atoms. The average Bonchev–Trinajstić information content (AvgIpc) is 3.22. The lowest BCUT2D eigenvalue weighted by atomic mass is 10.1. The summed E-state index contributed by atoms with van der Waals surface area (Å²) in [4.78, 5) is 37.9. The zero-order valence-electron chi connectivity index (χ0n) is 15.1. The normalized spacial score (nSPS) is 12.2. The zero-order chi connectivity index (χ0) is 19.4. The molecule has 0 unspecified atom stereocenters. The highest BCUT2D eigenvalue weighted by Crippen LogP contribution is 2.39. The van der Waals surface area contributed by atoms with E-state index in [1.165, 1.54) is 18.4 Å². The van der Waals surface area contributed by atoms with Crippen LogP contribution in [0.25, 0.3) is 0 Å². The highest BCUT2D eigenvalue weighted by atomic mass is 32.1. The lowest BCUT2D eigenvalue weighted by molar-refractivity contribution is 0.0925. The Morgan fingerprint density at radius 1 is 1.19 bits per heavy atom. The van der Waals surface area contributed by atoms with E-state index in [4.69, 9.17) is 9.47 Å². The summed E-state index contributed by atoms with van der Waals surface area (Å²) in [6.07, 6.45) is 1.75. The number of amides is 3. The van der Waals surface area contributed by atoms with Gasteiger partial charge in [0.2, 0.25) is 0 Å². The van der Waals surface area contributed by atoms with Gasteiger partial charge in [-0.05, 0) is 49.9 Å². The number of nitrogens with one attached hydrogen (secondary N) is 2. The topological polar surface area (TPSA) is 93.7 Å². The number of thiophene rings is 1. The van der Waals surface area contributed by atoms with Crippen molar-refractivity contribution in [2.45, 2.75) is 26.2 Å². The lowest BCUT2D eigenvalue weighted by Gasteiger charge is -2.09. The Hall–Kier alpha value is -2.87. The van der Waals surface area contributed by atoms with Crippen molar-refractivity contribution in [1.29, 1.82) is 0 Å². The largest absolute Gasteiger partial charge is 0.497 e. The van der Waals surface area contributed by atoms with Crippen molar-refractivity contribution in [2.75, 3.05) is 19.0 Å². The number of imide groups is 1. The number of rotatable bonds is 5. The van der Waals surface area contributed by atoms with Gasteiger partial charge < -0.3 is 14.8 Å². The van der Waals surface area contributed by atoms with Gasteiger partial charge in [0.15, 0.2) is 0 Å². The molecule has 0 saturated carbocycles. The van der Waals surface area contributed by atoms with Gasteiger partial charge in [0.1, 0.15) is 10.8 Å². The summed E-state index contributed by atoms with van der Waals surface area (Å²) < 4.78 is 9.92. The van der Waals surface area contributed by atoms with Crippen molar-refractivity contribution >= 4 is 34.2 Å². The van der Waals surface area contributed by atoms with E-state index in [2.05, 4.69) is 10.6 Å². The summed E-state index contributed by atoms with van der Waals surface area (Å²) in [6, 6.07) is 6.75. The van der Waals surface area contributed by atoms with E-state index in [0.29, 0.717) is 21.9 Å². The summed E-state index contributed by atoms with van der Waals surface area (Å²) in [7, 11) is 1.53. The molecule has 1 heterocycles. The maximum atomic E-state index is 12.6. The summed E-state index contributed by atoms with van der Waals surface area (Å²) in [5.74, 6) is -0.343.